The number of hydrogen-bond donors (Lipinski definition) is 0. The highest BCUT2D eigenvalue weighted by molar-refractivity contribution is 7.16. The normalized spacial score (nSPS) is 15.7. The third-order valence-corrected chi connectivity index (χ3v) is 6.08. The second-order valence-electron chi connectivity index (χ2n) is 7.92. The van der Waals surface area contributed by atoms with E-state index in [0.29, 0.717) is 19.2 Å². The molecule has 2 aromatic carbocycles. The number of carbonyl (C=O) groups is 3. The van der Waals surface area contributed by atoms with Gasteiger partial charge in [-0.05, 0) is 35.7 Å². The average Bonchev–Trinajstić information content (AvgIpc) is 3.26. The molecule has 3 atom stereocenters. The molecule has 0 aromatic heterocycles. The molecule has 1 aliphatic heterocycles. The summed E-state index contributed by atoms with van der Waals surface area (Å²) in [4.78, 5) is 39.0. The van der Waals surface area contributed by atoms with E-state index < -0.39 is 18.0 Å². The van der Waals surface area contributed by atoms with Gasteiger partial charge in [-0.2, -0.15) is 0 Å². The molecule has 0 N–H and O–H groups in total. The predicted octanol–water partition coefficient (Wildman–Crippen LogP) is 5.49. The molecule has 0 bridgehead atoms. The summed E-state index contributed by atoms with van der Waals surface area (Å²) in [5, 5.41) is 0. The van der Waals surface area contributed by atoms with Crippen molar-refractivity contribution in [3.05, 3.63) is 60.2 Å². The molecule has 1 unspecified atom stereocenters. The Kier molecular flexibility index (Phi) is 11.8. The second kappa shape index (κ2) is 14.5. The molecule has 34 heavy (non-hydrogen) atoms. The van der Waals surface area contributed by atoms with Gasteiger partial charge < -0.3 is 9.47 Å². The number of ether oxygens (including phenoxy) is 2. The first-order chi connectivity index (χ1) is 16.5. The zero-order valence-electron chi connectivity index (χ0n) is 20.4. The van der Waals surface area contributed by atoms with E-state index in [9.17, 15) is 14.4 Å². The summed E-state index contributed by atoms with van der Waals surface area (Å²) in [6, 6.07) is 17.6. The Morgan fingerprint density at radius 1 is 1.09 bits per heavy atom. The Hall–Kier alpha value is -2.72. The van der Waals surface area contributed by atoms with Crippen LogP contribution in [0.15, 0.2) is 54.6 Å². The van der Waals surface area contributed by atoms with Crippen molar-refractivity contribution in [3.8, 4) is 11.1 Å². The lowest BCUT2D eigenvalue weighted by molar-refractivity contribution is -0.148. The van der Waals surface area contributed by atoms with Gasteiger partial charge in [0.15, 0.2) is 0 Å². The van der Waals surface area contributed by atoms with Crippen LogP contribution < -0.4 is 0 Å². The smallest absolute Gasteiger partial charge is 0.416 e. The van der Waals surface area contributed by atoms with Gasteiger partial charge in [-0.3, -0.25) is 9.59 Å². The Bertz CT molecular complexity index is 916. The molecule has 2 amide bonds. The van der Waals surface area contributed by atoms with Crippen LogP contribution in [0.2, 0.25) is 0 Å². The molecule has 184 valence electrons. The highest BCUT2D eigenvalue weighted by Gasteiger charge is 2.40. The largest absolute Gasteiger partial charge is 0.466 e. The van der Waals surface area contributed by atoms with Crippen molar-refractivity contribution in [1.82, 2.24) is 4.90 Å². The van der Waals surface area contributed by atoms with Gasteiger partial charge in [0, 0.05) is 0 Å². The van der Waals surface area contributed by atoms with E-state index in [4.69, 9.17) is 9.47 Å². The number of benzene rings is 2. The van der Waals surface area contributed by atoms with Crippen molar-refractivity contribution in [2.24, 2.45) is 5.92 Å². The van der Waals surface area contributed by atoms with Gasteiger partial charge in [0.05, 0.1) is 25.0 Å². The molecule has 1 heterocycles. The van der Waals surface area contributed by atoms with E-state index in [1.54, 1.807) is 0 Å². The summed E-state index contributed by atoms with van der Waals surface area (Å²) in [6.07, 6.45) is 1.83. The van der Waals surface area contributed by atoms with E-state index in [-0.39, 0.29) is 25.0 Å². The topological polar surface area (TPSA) is 72.9 Å². The first-order valence-electron chi connectivity index (χ1n) is 12.0. The quantitative estimate of drug-likeness (QED) is 0.253. The number of carbonyl (C=O) groups excluding carboxylic acids is 3. The Labute approximate surface area is 205 Å². The van der Waals surface area contributed by atoms with Crippen molar-refractivity contribution in [3.63, 3.8) is 0 Å². The number of rotatable bonds is 10. The molecule has 1 fully saturated rings. The fourth-order valence-electron chi connectivity index (χ4n) is 3.69. The molecule has 7 heteroatoms. The summed E-state index contributed by atoms with van der Waals surface area (Å²) >= 11 is 0. The van der Waals surface area contributed by atoms with E-state index >= 15 is 0 Å². The standard InChI is InChI=1S/C25H30NO5P.C2H6/c1-2-3-13-30-23(27)15-21(24(28)26-22(17-32)16-31-25(26)29)14-18-9-11-20(12-10-18)19-7-5-4-6-8-19;1-2/h4-12,21-22H,2-3,13-17,32H2,1H3;1-2H3/t21-,22-;/m0./s1. The molecule has 0 spiro atoms. The number of imide groups is 1. The minimum atomic E-state index is -0.698. The van der Waals surface area contributed by atoms with Gasteiger partial charge in [-0.15, -0.1) is 9.24 Å². The molecule has 6 nitrogen and oxygen atoms in total. The van der Waals surface area contributed by atoms with E-state index in [0.717, 1.165) is 34.4 Å². The Morgan fingerprint density at radius 3 is 2.35 bits per heavy atom. The van der Waals surface area contributed by atoms with Gasteiger partial charge in [-0.1, -0.05) is 81.8 Å². The summed E-state index contributed by atoms with van der Waals surface area (Å²) in [5.41, 5.74) is 3.09. The van der Waals surface area contributed by atoms with Crippen molar-refractivity contribution in [2.45, 2.75) is 52.5 Å². The highest BCUT2D eigenvalue weighted by atomic mass is 31.0. The number of nitrogens with zero attached hydrogens (tertiary/aromatic N) is 1. The van der Waals surface area contributed by atoms with Crippen LogP contribution in [0.25, 0.3) is 11.1 Å². The van der Waals surface area contributed by atoms with Gasteiger partial charge >= 0.3 is 12.1 Å². The van der Waals surface area contributed by atoms with Gasteiger partial charge in [-0.25, -0.2) is 9.69 Å². The Balaban J connectivity index is 0.00000199. The summed E-state index contributed by atoms with van der Waals surface area (Å²) in [7, 11) is 2.54. The maximum Gasteiger partial charge on any atom is 0.416 e. The molecule has 3 rings (SSSR count). The molecule has 1 aliphatic rings. The lowest BCUT2D eigenvalue weighted by Crippen LogP contribution is -2.44. The number of amides is 2. The fraction of sp³-hybridized carbons (Fsp3) is 0.444. The van der Waals surface area contributed by atoms with E-state index in [1.165, 1.54) is 0 Å². The van der Waals surface area contributed by atoms with E-state index in [2.05, 4.69) is 9.24 Å². The van der Waals surface area contributed by atoms with Gasteiger partial charge in [0.25, 0.3) is 0 Å². The molecule has 0 saturated carbocycles. The molecular formula is C27H36NO5P. The van der Waals surface area contributed by atoms with Crippen LogP contribution in [-0.2, 0) is 25.5 Å². The van der Waals surface area contributed by atoms with Crippen LogP contribution in [0.5, 0.6) is 0 Å². The van der Waals surface area contributed by atoms with Crippen molar-refractivity contribution in [1.29, 1.82) is 0 Å². The van der Waals surface area contributed by atoms with Gasteiger partial charge in [0.2, 0.25) is 5.91 Å². The number of esters is 1. The zero-order valence-corrected chi connectivity index (χ0v) is 21.5. The van der Waals surface area contributed by atoms with Crippen LogP contribution in [0, 0.1) is 5.92 Å². The summed E-state index contributed by atoms with van der Waals surface area (Å²) in [6.45, 7) is 6.52. The number of cyclic esters (lactones) is 1. The van der Waals surface area contributed by atoms with Crippen molar-refractivity contribution >= 4 is 27.2 Å². The first-order valence-corrected chi connectivity index (χ1v) is 12.8. The van der Waals surface area contributed by atoms with E-state index in [1.807, 2.05) is 75.4 Å². The van der Waals surface area contributed by atoms with Crippen LogP contribution in [0.4, 0.5) is 4.79 Å². The third kappa shape index (κ3) is 7.66. The predicted molar refractivity (Wildman–Crippen MR) is 137 cm³/mol. The zero-order chi connectivity index (χ0) is 24.9. The monoisotopic (exact) mass is 485 g/mol. The average molecular weight is 486 g/mol. The maximum atomic E-state index is 13.3. The third-order valence-electron chi connectivity index (χ3n) is 5.54. The number of unbranched alkanes of at least 4 members (excludes halogenated alkanes) is 1. The van der Waals surface area contributed by atoms with Crippen molar-refractivity contribution in [2.75, 3.05) is 19.4 Å². The first kappa shape index (κ1) is 27.5. The van der Waals surface area contributed by atoms with Crippen LogP contribution in [-0.4, -0.2) is 48.3 Å². The molecule has 0 radical (unpaired) electrons. The molecular weight excluding hydrogens is 449 g/mol. The minimum Gasteiger partial charge on any atom is -0.466 e. The summed E-state index contributed by atoms with van der Waals surface area (Å²) in [5.74, 6) is -1.51. The lowest BCUT2D eigenvalue weighted by atomic mass is 9.93. The van der Waals surface area contributed by atoms with Crippen molar-refractivity contribution < 1.29 is 23.9 Å². The minimum absolute atomic E-state index is 0.0731. The number of hydrogen-bond acceptors (Lipinski definition) is 5. The molecule has 0 aliphatic carbocycles. The Morgan fingerprint density at radius 2 is 1.74 bits per heavy atom. The summed E-state index contributed by atoms with van der Waals surface area (Å²) < 4.78 is 10.4. The molecule has 1 saturated heterocycles. The van der Waals surface area contributed by atoms with Gasteiger partial charge in [0.1, 0.15) is 6.61 Å². The fourth-order valence-corrected chi connectivity index (χ4v) is 4.03. The van der Waals surface area contributed by atoms with Crippen LogP contribution >= 0.6 is 9.24 Å². The lowest BCUT2D eigenvalue weighted by Gasteiger charge is -2.24. The maximum absolute atomic E-state index is 13.3. The SMILES string of the molecule is CC.CCCCOC(=O)C[C@H](Cc1ccc(-c2ccccc2)cc1)C(=O)N1C(=O)OC[C@H]1CP. The van der Waals surface area contributed by atoms with Crippen LogP contribution in [0.1, 0.15) is 45.6 Å². The second-order valence-corrected chi connectivity index (χ2v) is 8.39. The highest BCUT2D eigenvalue weighted by Crippen LogP contribution is 2.25. The van der Waals surface area contributed by atoms with Crippen LogP contribution in [0.3, 0.4) is 0 Å². The molecule has 2 aromatic rings.